The van der Waals surface area contributed by atoms with E-state index in [2.05, 4.69) is 4.98 Å². The Labute approximate surface area is 120 Å². The SMILES string of the molecule is COC1CN(c2nc(C(=O)O)c(C(C)=O)s2)CCC1N. The number of carboxylic acids is 1. The number of piperidine rings is 1. The molecule has 1 aliphatic rings. The molecule has 2 rings (SSSR count). The molecule has 20 heavy (non-hydrogen) atoms. The van der Waals surface area contributed by atoms with Crippen molar-refractivity contribution < 1.29 is 19.4 Å². The van der Waals surface area contributed by atoms with Gasteiger partial charge in [0.15, 0.2) is 16.6 Å². The van der Waals surface area contributed by atoms with Crippen LogP contribution in [0.4, 0.5) is 5.13 Å². The zero-order chi connectivity index (χ0) is 14.9. The van der Waals surface area contributed by atoms with E-state index in [-0.39, 0.29) is 28.5 Å². The number of rotatable bonds is 4. The number of aromatic nitrogens is 1. The second-order valence-electron chi connectivity index (χ2n) is 4.71. The van der Waals surface area contributed by atoms with Crippen molar-refractivity contribution >= 4 is 28.2 Å². The Kier molecular flexibility index (Phi) is 4.36. The Morgan fingerprint density at radius 2 is 2.25 bits per heavy atom. The van der Waals surface area contributed by atoms with E-state index in [0.29, 0.717) is 18.2 Å². The van der Waals surface area contributed by atoms with Crippen LogP contribution in [-0.4, -0.2) is 54.2 Å². The second-order valence-corrected chi connectivity index (χ2v) is 5.69. The van der Waals surface area contributed by atoms with Gasteiger partial charge < -0.3 is 20.5 Å². The standard InChI is InChI=1S/C12H17N3O4S/c1-6(16)10-9(11(17)18)14-12(20-10)15-4-3-7(13)8(5-15)19-2/h7-8H,3-5,13H2,1-2H3,(H,17,18). The summed E-state index contributed by atoms with van der Waals surface area (Å²) in [6, 6.07) is -0.0394. The number of hydrogen-bond acceptors (Lipinski definition) is 7. The summed E-state index contributed by atoms with van der Waals surface area (Å²) in [5, 5.41) is 9.62. The van der Waals surface area contributed by atoms with E-state index in [9.17, 15) is 9.59 Å². The first kappa shape index (κ1) is 14.9. The molecule has 7 nitrogen and oxygen atoms in total. The minimum atomic E-state index is -1.19. The average Bonchev–Trinajstić information content (AvgIpc) is 2.84. The molecule has 1 fully saturated rings. The number of thiazole rings is 1. The van der Waals surface area contributed by atoms with Gasteiger partial charge in [0.05, 0.1) is 6.10 Å². The van der Waals surface area contributed by atoms with Gasteiger partial charge in [0, 0.05) is 33.2 Å². The van der Waals surface area contributed by atoms with Crippen molar-refractivity contribution in [2.45, 2.75) is 25.5 Å². The van der Waals surface area contributed by atoms with E-state index in [4.69, 9.17) is 15.6 Å². The van der Waals surface area contributed by atoms with E-state index >= 15 is 0 Å². The van der Waals surface area contributed by atoms with Crippen molar-refractivity contribution in [3.8, 4) is 0 Å². The maximum absolute atomic E-state index is 11.5. The van der Waals surface area contributed by atoms with Crippen LogP contribution in [0.3, 0.4) is 0 Å². The zero-order valence-corrected chi connectivity index (χ0v) is 12.1. The van der Waals surface area contributed by atoms with Crippen LogP contribution in [0.5, 0.6) is 0 Å². The number of carboxylic acid groups (broad SMARTS) is 1. The number of nitrogens with two attached hydrogens (primary N) is 1. The fourth-order valence-corrected chi connectivity index (χ4v) is 3.17. The molecule has 1 aliphatic heterocycles. The van der Waals surface area contributed by atoms with Crippen LogP contribution in [0, 0.1) is 0 Å². The number of carbonyl (C=O) groups is 2. The van der Waals surface area contributed by atoms with Crippen LogP contribution in [0.2, 0.25) is 0 Å². The summed E-state index contributed by atoms with van der Waals surface area (Å²) in [5.41, 5.74) is 5.77. The van der Waals surface area contributed by atoms with Crippen molar-refractivity contribution in [2.75, 3.05) is 25.1 Å². The van der Waals surface area contributed by atoms with Gasteiger partial charge in [0.25, 0.3) is 0 Å². The Morgan fingerprint density at radius 1 is 1.55 bits per heavy atom. The first-order chi connectivity index (χ1) is 9.43. The van der Waals surface area contributed by atoms with Crippen LogP contribution in [0.25, 0.3) is 0 Å². The summed E-state index contributed by atoms with van der Waals surface area (Å²) in [5.74, 6) is -1.47. The predicted octanol–water partition coefficient (Wildman–Crippen LogP) is 0.596. The van der Waals surface area contributed by atoms with E-state index < -0.39 is 5.97 Å². The minimum absolute atomic E-state index is 0.0394. The number of ether oxygens (including phenoxy) is 1. The Balaban J connectivity index is 2.27. The highest BCUT2D eigenvalue weighted by molar-refractivity contribution is 7.17. The van der Waals surface area contributed by atoms with Gasteiger partial charge in [-0.2, -0.15) is 0 Å². The summed E-state index contributed by atoms with van der Waals surface area (Å²) in [6.45, 7) is 2.56. The minimum Gasteiger partial charge on any atom is -0.476 e. The lowest BCUT2D eigenvalue weighted by Crippen LogP contribution is -2.51. The third kappa shape index (κ3) is 2.82. The van der Waals surface area contributed by atoms with E-state index in [1.54, 1.807) is 7.11 Å². The number of aromatic carboxylic acids is 1. The first-order valence-electron chi connectivity index (χ1n) is 6.22. The van der Waals surface area contributed by atoms with Crippen molar-refractivity contribution in [3.05, 3.63) is 10.6 Å². The van der Waals surface area contributed by atoms with Gasteiger partial charge in [-0.05, 0) is 6.42 Å². The molecule has 0 spiro atoms. The topological polar surface area (TPSA) is 106 Å². The Morgan fingerprint density at radius 3 is 2.75 bits per heavy atom. The number of Topliss-reactive ketones (excluding diaryl/α,β-unsaturated/α-hetero) is 1. The molecule has 3 N–H and O–H groups in total. The maximum atomic E-state index is 11.5. The summed E-state index contributed by atoms with van der Waals surface area (Å²) < 4.78 is 5.31. The zero-order valence-electron chi connectivity index (χ0n) is 11.3. The van der Waals surface area contributed by atoms with Crippen LogP contribution >= 0.6 is 11.3 Å². The number of nitrogens with zero attached hydrogens (tertiary/aromatic N) is 2. The third-order valence-corrected chi connectivity index (χ3v) is 4.54. The van der Waals surface area contributed by atoms with E-state index in [1.165, 1.54) is 6.92 Å². The highest BCUT2D eigenvalue weighted by Crippen LogP contribution is 2.29. The van der Waals surface area contributed by atoms with Crippen LogP contribution in [0.15, 0.2) is 0 Å². The first-order valence-corrected chi connectivity index (χ1v) is 7.04. The molecule has 1 aromatic rings. The molecular weight excluding hydrogens is 282 g/mol. The molecule has 0 amide bonds. The monoisotopic (exact) mass is 299 g/mol. The second kappa shape index (κ2) is 5.86. The van der Waals surface area contributed by atoms with Gasteiger partial charge >= 0.3 is 5.97 Å². The lowest BCUT2D eigenvalue weighted by atomic mass is 10.0. The smallest absolute Gasteiger partial charge is 0.356 e. The fraction of sp³-hybridized carbons (Fsp3) is 0.583. The molecule has 0 bridgehead atoms. The average molecular weight is 299 g/mol. The quantitative estimate of drug-likeness (QED) is 0.784. The molecule has 8 heteroatoms. The van der Waals surface area contributed by atoms with Crippen LogP contribution in [-0.2, 0) is 4.74 Å². The Hall–Kier alpha value is -1.51. The molecule has 0 aromatic carbocycles. The lowest BCUT2D eigenvalue weighted by Gasteiger charge is -2.35. The molecule has 0 radical (unpaired) electrons. The number of carbonyl (C=O) groups excluding carboxylic acids is 1. The molecule has 2 atom stereocenters. The largest absolute Gasteiger partial charge is 0.476 e. The van der Waals surface area contributed by atoms with Crippen molar-refractivity contribution in [1.29, 1.82) is 0 Å². The number of anilines is 1. The molecular formula is C12H17N3O4S. The number of ketones is 1. The van der Waals surface area contributed by atoms with Crippen LogP contribution < -0.4 is 10.6 Å². The molecule has 2 heterocycles. The normalized spacial score (nSPS) is 22.9. The maximum Gasteiger partial charge on any atom is 0.356 e. The van der Waals surface area contributed by atoms with E-state index in [1.807, 2.05) is 4.90 Å². The molecule has 0 aliphatic carbocycles. The van der Waals surface area contributed by atoms with Crippen molar-refractivity contribution in [3.63, 3.8) is 0 Å². The van der Waals surface area contributed by atoms with Gasteiger partial charge in [-0.15, -0.1) is 0 Å². The Bertz CT molecular complexity index is 499. The summed E-state index contributed by atoms with van der Waals surface area (Å²) in [4.78, 5) is 28.8. The lowest BCUT2D eigenvalue weighted by molar-refractivity contribution is 0.0686. The highest BCUT2D eigenvalue weighted by atomic mass is 32.1. The van der Waals surface area contributed by atoms with Gasteiger partial charge in [-0.25, -0.2) is 9.78 Å². The predicted molar refractivity (Wildman–Crippen MR) is 74.7 cm³/mol. The molecule has 110 valence electrons. The summed E-state index contributed by atoms with van der Waals surface area (Å²) >= 11 is 1.10. The van der Waals surface area contributed by atoms with E-state index in [0.717, 1.165) is 17.8 Å². The summed E-state index contributed by atoms with van der Waals surface area (Å²) in [7, 11) is 1.60. The highest BCUT2D eigenvalue weighted by Gasteiger charge is 2.30. The van der Waals surface area contributed by atoms with Crippen molar-refractivity contribution in [1.82, 2.24) is 4.98 Å². The van der Waals surface area contributed by atoms with Gasteiger partial charge in [0.2, 0.25) is 0 Å². The molecule has 1 aromatic heterocycles. The molecule has 2 unspecified atom stereocenters. The third-order valence-electron chi connectivity index (χ3n) is 3.32. The van der Waals surface area contributed by atoms with Crippen LogP contribution in [0.1, 0.15) is 33.5 Å². The van der Waals surface area contributed by atoms with Gasteiger partial charge in [-0.1, -0.05) is 11.3 Å². The molecule has 1 saturated heterocycles. The number of hydrogen-bond donors (Lipinski definition) is 2. The fourth-order valence-electron chi connectivity index (χ4n) is 2.19. The summed E-state index contributed by atoms with van der Waals surface area (Å²) in [6.07, 6.45) is 0.609. The van der Waals surface area contributed by atoms with Gasteiger partial charge in [-0.3, -0.25) is 4.79 Å². The molecule has 0 saturated carbocycles. The number of methoxy groups -OCH3 is 1. The van der Waals surface area contributed by atoms with Crippen molar-refractivity contribution in [2.24, 2.45) is 5.73 Å². The van der Waals surface area contributed by atoms with Gasteiger partial charge in [0.1, 0.15) is 4.88 Å².